The van der Waals surface area contributed by atoms with E-state index in [0.717, 1.165) is 24.0 Å². The van der Waals surface area contributed by atoms with Crippen LogP contribution in [0.1, 0.15) is 32.3 Å². The highest BCUT2D eigenvalue weighted by molar-refractivity contribution is 6.39. The summed E-state index contributed by atoms with van der Waals surface area (Å²) in [6.45, 7) is 10.5. The van der Waals surface area contributed by atoms with Crippen LogP contribution in [-0.2, 0) is 9.59 Å². The van der Waals surface area contributed by atoms with Crippen molar-refractivity contribution < 1.29 is 9.59 Å². The zero-order chi connectivity index (χ0) is 20.0. The number of nitrogens with two attached hydrogens (primary N) is 1. The van der Waals surface area contributed by atoms with Crippen LogP contribution < -0.4 is 11.1 Å². The summed E-state index contributed by atoms with van der Waals surface area (Å²) in [5.41, 5.74) is 7.71. The summed E-state index contributed by atoms with van der Waals surface area (Å²) in [6.07, 6.45) is 10.7. The Morgan fingerprint density at radius 2 is 2.15 bits per heavy atom. The van der Waals surface area contributed by atoms with Gasteiger partial charge in [-0.15, -0.1) is 0 Å². The van der Waals surface area contributed by atoms with Crippen LogP contribution in [0.2, 0.25) is 0 Å². The molecule has 0 spiro atoms. The molecule has 1 aliphatic rings. The van der Waals surface area contributed by atoms with E-state index in [1.165, 1.54) is 6.20 Å². The van der Waals surface area contributed by atoms with E-state index in [1.54, 1.807) is 17.9 Å². The molecular formula is C21H28N4O2. The maximum absolute atomic E-state index is 12.8. The van der Waals surface area contributed by atoms with Crippen LogP contribution in [0.25, 0.3) is 0 Å². The minimum absolute atomic E-state index is 0.181. The summed E-state index contributed by atoms with van der Waals surface area (Å²) in [7, 11) is 0. The Hall–Kier alpha value is -2.89. The number of piperidine rings is 1. The largest absolute Gasteiger partial charge is 0.383 e. The number of rotatable bonds is 4. The van der Waals surface area contributed by atoms with Gasteiger partial charge in [0.25, 0.3) is 0 Å². The summed E-state index contributed by atoms with van der Waals surface area (Å²) in [5.74, 6) is -0.362. The molecule has 27 heavy (non-hydrogen) atoms. The van der Waals surface area contributed by atoms with E-state index in [1.807, 2.05) is 31.2 Å². The van der Waals surface area contributed by atoms with Crippen molar-refractivity contribution in [1.29, 1.82) is 0 Å². The highest BCUT2D eigenvalue weighted by Crippen LogP contribution is 2.27. The number of carbonyl (C=O) groups is 2. The van der Waals surface area contributed by atoms with Crippen LogP contribution in [0.5, 0.6) is 0 Å². The average Bonchev–Trinajstić information content (AvgIpc) is 2.64. The topological polar surface area (TPSA) is 88.3 Å². The summed E-state index contributed by atoms with van der Waals surface area (Å²) in [6, 6.07) is 1.52. The number of pyridine rings is 1. The SMILES string of the molecule is C=C(/C=C\C=C/C)[C@@H]1C[C@H](C)CCN1C(=O)C(=O)Nc1cnc(N)c(C)c1. The van der Waals surface area contributed by atoms with Gasteiger partial charge in [-0.1, -0.05) is 37.8 Å². The van der Waals surface area contributed by atoms with Crippen molar-refractivity contribution in [3.8, 4) is 0 Å². The molecule has 2 atom stereocenters. The normalized spacial score (nSPS) is 20.2. The summed E-state index contributed by atoms with van der Waals surface area (Å²) in [4.78, 5) is 30.9. The van der Waals surface area contributed by atoms with E-state index in [0.29, 0.717) is 24.0 Å². The number of hydrogen-bond donors (Lipinski definition) is 2. The van der Waals surface area contributed by atoms with E-state index in [2.05, 4.69) is 23.8 Å². The molecule has 2 heterocycles. The maximum Gasteiger partial charge on any atom is 0.313 e. The molecule has 2 rings (SSSR count). The van der Waals surface area contributed by atoms with Gasteiger partial charge in [0.15, 0.2) is 0 Å². The molecule has 144 valence electrons. The number of nitrogens with one attached hydrogen (secondary N) is 1. The molecule has 3 N–H and O–H groups in total. The molecule has 0 unspecified atom stereocenters. The summed E-state index contributed by atoms with van der Waals surface area (Å²) < 4.78 is 0. The molecule has 1 saturated heterocycles. The number of amides is 2. The van der Waals surface area contributed by atoms with Gasteiger partial charge in [-0.3, -0.25) is 9.59 Å². The molecule has 1 fully saturated rings. The van der Waals surface area contributed by atoms with Gasteiger partial charge in [-0.2, -0.15) is 0 Å². The van der Waals surface area contributed by atoms with Crippen molar-refractivity contribution in [2.24, 2.45) is 5.92 Å². The van der Waals surface area contributed by atoms with Crippen LogP contribution in [0.3, 0.4) is 0 Å². The van der Waals surface area contributed by atoms with Crippen molar-refractivity contribution in [2.45, 2.75) is 39.7 Å². The van der Waals surface area contributed by atoms with E-state index < -0.39 is 11.8 Å². The van der Waals surface area contributed by atoms with Crippen LogP contribution in [-0.4, -0.2) is 34.3 Å². The fraction of sp³-hybridized carbons (Fsp3) is 0.381. The summed E-state index contributed by atoms with van der Waals surface area (Å²) in [5, 5.41) is 2.62. The lowest BCUT2D eigenvalue weighted by atomic mass is 9.88. The number of aryl methyl sites for hydroxylation is 1. The number of anilines is 2. The Labute approximate surface area is 160 Å². The second-order valence-corrected chi connectivity index (χ2v) is 6.98. The predicted molar refractivity (Wildman–Crippen MR) is 109 cm³/mol. The number of likely N-dealkylation sites (tertiary alicyclic amines) is 1. The first-order valence-electron chi connectivity index (χ1n) is 9.15. The molecule has 1 aromatic rings. The third-order valence-electron chi connectivity index (χ3n) is 4.74. The second kappa shape index (κ2) is 9.16. The van der Waals surface area contributed by atoms with E-state index in [9.17, 15) is 9.59 Å². The number of aromatic nitrogens is 1. The Morgan fingerprint density at radius 1 is 1.41 bits per heavy atom. The average molecular weight is 368 g/mol. The third-order valence-corrected chi connectivity index (χ3v) is 4.74. The van der Waals surface area contributed by atoms with E-state index in [4.69, 9.17) is 5.73 Å². The first kappa shape index (κ1) is 20.4. The van der Waals surface area contributed by atoms with Gasteiger partial charge in [0.2, 0.25) is 0 Å². The van der Waals surface area contributed by atoms with Crippen molar-refractivity contribution >= 4 is 23.3 Å². The molecule has 0 aliphatic carbocycles. The van der Waals surface area contributed by atoms with Crippen LogP contribution >= 0.6 is 0 Å². The minimum atomic E-state index is -0.675. The van der Waals surface area contributed by atoms with Gasteiger partial charge >= 0.3 is 11.8 Å². The molecule has 1 aromatic heterocycles. The molecule has 0 bridgehead atoms. The standard InChI is InChI=1S/C21H28N4O2/c1-5-6-7-8-15(3)18-11-14(2)9-10-25(18)21(27)20(26)24-17-12-16(4)19(22)23-13-17/h5-8,12-14,18H,3,9-11H2,1-2,4H3,(H2,22,23)(H,24,26)/b6-5-,8-7-/t14-,18+/m1/s1. The Kier molecular flexibility index (Phi) is 6.93. The van der Waals surface area contributed by atoms with E-state index in [-0.39, 0.29) is 6.04 Å². The molecule has 0 aromatic carbocycles. The van der Waals surface area contributed by atoms with Crippen molar-refractivity contribution in [2.75, 3.05) is 17.6 Å². The molecule has 1 aliphatic heterocycles. The first-order chi connectivity index (χ1) is 12.8. The number of nitrogen functional groups attached to an aromatic ring is 1. The number of hydrogen-bond acceptors (Lipinski definition) is 4. The Morgan fingerprint density at radius 3 is 2.81 bits per heavy atom. The molecule has 6 heteroatoms. The van der Waals surface area contributed by atoms with Gasteiger partial charge in [0.1, 0.15) is 5.82 Å². The quantitative estimate of drug-likeness (QED) is 0.631. The predicted octanol–water partition coefficient (Wildman–Crippen LogP) is 3.23. The Balaban J connectivity index is 2.13. The lowest BCUT2D eigenvalue weighted by Crippen LogP contribution is -2.50. The fourth-order valence-electron chi connectivity index (χ4n) is 3.11. The lowest BCUT2D eigenvalue weighted by Gasteiger charge is -2.38. The molecular weight excluding hydrogens is 340 g/mol. The van der Waals surface area contributed by atoms with Crippen molar-refractivity contribution in [3.63, 3.8) is 0 Å². The van der Waals surface area contributed by atoms with Gasteiger partial charge < -0.3 is 16.0 Å². The van der Waals surface area contributed by atoms with Gasteiger partial charge in [-0.25, -0.2) is 4.98 Å². The fourth-order valence-corrected chi connectivity index (χ4v) is 3.11. The number of nitrogens with zero attached hydrogens (tertiary/aromatic N) is 2. The zero-order valence-corrected chi connectivity index (χ0v) is 16.2. The first-order valence-corrected chi connectivity index (χ1v) is 9.15. The highest BCUT2D eigenvalue weighted by atomic mass is 16.2. The minimum Gasteiger partial charge on any atom is -0.383 e. The summed E-state index contributed by atoms with van der Waals surface area (Å²) >= 11 is 0. The number of allylic oxidation sites excluding steroid dienone is 3. The maximum atomic E-state index is 12.8. The third kappa shape index (κ3) is 5.29. The van der Waals surface area contributed by atoms with Gasteiger partial charge in [-0.05, 0) is 49.8 Å². The molecule has 0 radical (unpaired) electrons. The van der Waals surface area contributed by atoms with E-state index >= 15 is 0 Å². The molecule has 6 nitrogen and oxygen atoms in total. The van der Waals surface area contributed by atoms with Crippen LogP contribution in [0.15, 0.2) is 48.7 Å². The Bertz CT molecular complexity index is 782. The lowest BCUT2D eigenvalue weighted by molar-refractivity contribution is -0.145. The number of carbonyl (C=O) groups excluding carboxylic acids is 2. The van der Waals surface area contributed by atoms with Gasteiger partial charge in [0.05, 0.1) is 17.9 Å². The van der Waals surface area contributed by atoms with Crippen LogP contribution in [0, 0.1) is 12.8 Å². The molecule has 0 saturated carbocycles. The van der Waals surface area contributed by atoms with Gasteiger partial charge in [0, 0.05) is 6.54 Å². The smallest absolute Gasteiger partial charge is 0.313 e. The second-order valence-electron chi connectivity index (χ2n) is 6.98. The van der Waals surface area contributed by atoms with Crippen molar-refractivity contribution in [3.05, 3.63) is 54.3 Å². The monoisotopic (exact) mass is 368 g/mol. The molecule has 2 amide bonds. The van der Waals surface area contributed by atoms with Crippen molar-refractivity contribution in [1.82, 2.24) is 9.88 Å². The van der Waals surface area contributed by atoms with Crippen LogP contribution in [0.4, 0.5) is 11.5 Å². The highest BCUT2D eigenvalue weighted by Gasteiger charge is 2.34. The zero-order valence-electron chi connectivity index (χ0n) is 16.2.